The SMILES string of the molecule is CC1C(C(=O)O)CCN1CC(=O)Nc1ccccc1Br. The molecule has 0 aliphatic carbocycles. The van der Waals surface area contributed by atoms with Gasteiger partial charge in [-0.2, -0.15) is 0 Å². The maximum Gasteiger partial charge on any atom is 0.308 e. The first-order valence-corrected chi connectivity index (χ1v) is 7.29. The van der Waals surface area contributed by atoms with Crippen molar-refractivity contribution in [2.75, 3.05) is 18.4 Å². The molecule has 108 valence electrons. The van der Waals surface area contributed by atoms with E-state index in [2.05, 4.69) is 21.2 Å². The summed E-state index contributed by atoms with van der Waals surface area (Å²) in [7, 11) is 0. The van der Waals surface area contributed by atoms with E-state index < -0.39 is 5.97 Å². The van der Waals surface area contributed by atoms with E-state index in [1.807, 2.05) is 36.1 Å². The highest BCUT2D eigenvalue weighted by Gasteiger charge is 2.36. The fourth-order valence-corrected chi connectivity index (χ4v) is 2.88. The van der Waals surface area contributed by atoms with Crippen LogP contribution in [0.25, 0.3) is 0 Å². The number of carboxylic acid groups (broad SMARTS) is 1. The summed E-state index contributed by atoms with van der Waals surface area (Å²) in [5, 5.41) is 11.9. The Labute approximate surface area is 126 Å². The monoisotopic (exact) mass is 340 g/mol. The fraction of sp³-hybridized carbons (Fsp3) is 0.429. The molecular weight excluding hydrogens is 324 g/mol. The highest BCUT2D eigenvalue weighted by atomic mass is 79.9. The minimum atomic E-state index is -0.786. The topological polar surface area (TPSA) is 69.6 Å². The van der Waals surface area contributed by atoms with Gasteiger partial charge in [-0.25, -0.2) is 0 Å². The van der Waals surface area contributed by atoms with Gasteiger partial charge in [-0.15, -0.1) is 0 Å². The van der Waals surface area contributed by atoms with Crippen molar-refractivity contribution >= 4 is 33.5 Å². The predicted molar refractivity (Wildman–Crippen MR) is 79.5 cm³/mol. The second-order valence-corrected chi connectivity index (χ2v) is 5.83. The summed E-state index contributed by atoms with van der Waals surface area (Å²) in [6.07, 6.45) is 0.596. The van der Waals surface area contributed by atoms with Crippen molar-refractivity contribution in [2.45, 2.75) is 19.4 Å². The summed E-state index contributed by atoms with van der Waals surface area (Å²) in [4.78, 5) is 25.0. The van der Waals surface area contributed by atoms with Crippen LogP contribution >= 0.6 is 15.9 Å². The Bertz CT molecular complexity index is 521. The van der Waals surface area contributed by atoms with E-state index in [-0.39, 0.29) is 24.4 Å². The third-order valence-corrected chi connectivity index (χ3v) is 4.39. The molecule has 0 aromatic heterocycles. The number of rotatable bonds is 4. The Balaban J connectivity index is 1.93. The first-order valence-electron chi connectivity index (χ1n) is 6.50. The maximum atomic E-state index is 12.0. The van der Waals surface area contributed by atoms with Crippen LogP contribution in [0.15, 0.2) is 28.7 Å². The van der Waals surface area contributed by atoms with E-state index in [9.17, 15) is 9.59 Å². The second kappa shape index (κ2) is 6.37. The van der Waals surface area contributed by atoms with Gasteiger partial charge in [0.2, 0.25) is 5.91 Å². The quantitative estimate of drug-likeness (QED) is 0.881. The van der Waals surface area contributed by atoms with E-state index in [0.717, 1.165) is 10.2 Å². The number of para-hydroxylation sites is 1. The number of carbonyl (C=O) groups is 2. The Hall–Kier alpha value is -1.40. The van der Waals surface area contributed by atoms with Gasteiger partial charge >= 0.3 is 5.97 Å². The normalized spacial score (nSPS) is 22.7. The fourth-order valence-electron chi connectivity index (χ4n) is 2.49. The zero-order valence-corrected chi connectivity index (χ0v) is 12.8. The Morgan fingerprint density at radius 1 is 1.45 bits per heavy atom. The third-order valence-electron chi connectivity index (χ3n) is 3.70. The average Bonchev–Trinajstić information content (AvgIpc) is 2.74. The number of hydrogen-bond donors (Lipinski definition) is 2. The van der Waals surface area contributed by atoms with Gasteiger partial charge in [-0.05, 0) is 48.0 Å². The van der Waals surface area contributed by atoms with Crippen LogP contribution in [0, 0.1) is 5.92 Å². The molecule has 1 aromatic carbocycles. The molecule has 0 spiro atoms. The largest absolute Gasteiger partial charge is 0.481 e. The van der Waals surface area contributed by atoms with Crippen molar-refractivity contribution < 1.29 is 14.7 Å². The molecule has 20 heavy (non-hydrogen) atoms. The van der Waals surface area contributed by atoms with Crippen LogP contribution in [0.1, 0.15) is 13.3 Å². The molecule has 0 saturated carbocycles. The predicted octanol–water partition coefficient (Wildman–Crippen LogP) is 2.18. The average molecular weight is 341 g/mol. The number of nitrogens with zero attached hydrogens (tertiary/aromatic N) is 1. The molecule has 0 radical (unpaired) electrons. The number of anilines is 1. The lowest BCUT2D eigenvalue weighted by molar-refractivity contribution is -0.142. The number of nitrogens with one attached hydrogen (secondary N) is 1. The molecule has 2 rings (SSSR count). The Morgan fingerprint density at radius 3 is 2.75 bits per heavy atom. The van der Waals surface area contributed by atoms with Crippen LogP contribution in [-0.2, 0) is 9.59 Å². The highest BCUT2D eigenvalue weighted by Crippen LogP contribution is 2.25. The summed E-state index contributed by atoms with van der Waals surface area (Å²) in [5.41, 5.74) is 0.721. The molecule has 1 aliphatic heterocycles. The molecule has 2 atom stereocenters. The van der Waals surface area contributed by atoms with Gasteiger partial charge < -0.3 is 10.4 Å². The lowest BCUT2D eigenvalue weighted by atomic mass is 10.0. The zero-order valence-electron chi connectivity index (χ0n) is 11.2. The lowest BCUT2D eigenvalue weighted by Gasteiger charge is -2.22. The minimum Gasteiger partial charge on any atom is -0.481 e. The number of carbonyl (C=O) groups excluding carboxylic acids is 1. The molecule has 1 aliphatic rings. The molecule has 1 aromatic rings. The van der Waals surface area contributed by atoms with Crippen molar-refractivity contribution in [2.24, 2.45) is 5.92 Å². The van der Waals surface area contributed by atoms with Gasteiger partial charge in [0.25, 0.3) is 0 Å². The van der Waals surface area contributed by atoms with Gasteiger partial charge in [-0.3, -0.25) is 14.5 Å². The molecule has 1 fully saturated rings. The van der Waals surface area contributed by atoms with Gasteiger partial charge in [0.1, 0.15) is 0 Å². The standard InChI is InChI=1S/C14H17BrN2O3/c1-9-10(14(19)20)6-7-17(9)8-13(18)16-12-5-3-2-4-11(12)15/h2-5,9-10H,6-8H2,1H3,(H,16,18)(H,19,20). The molecule has 6 heteroatoms. The van der Waals surface area contributed by atoms with Crippen LogP contribution in [0.5, 0.6) is 0 Å². The maximum absolute atomic E-state index is 12.0. The molecule has 1 saturated heterocycles. The summed E-state index contributed by atoms with van der Waals surface area (Å²) in [6, 6.07) is 7.28. The number of benzene rings is 1. The number of carboxylic acids is 1. The van der Waals surface area contributed by atoms with Crippen molar-refractivity contribution in [3.8, 4) is 0 Å². The Kier molecular flexibility index (Phi) is 4.77. The first-order chi connectivity index (χ1) is 9.49. The summed E-state index contributed by atoms with van der Waals surface area (Å²) in [5.74, 6) is -1.30. The lowest BCUT2D eigenvalue weighted by Crippen LogP contribution is -2.38. The van der Waals surface area contributed by atoms with Gasteiger partial charge in [0.05, 0.1) is 18.2 Å². The van der Waals surface area contributed by atoms with Crippen molar-refractivity contribution in [1.82, 2.24) is 4.90 Å². The van der Waals surface area contributed by atoms with Gasteiger partial charge in [0, 0.05) is 10.5 Å². The van der Waals surface area contributed by atoms with Crippen LogP contribution in [0.4, 0.5) is 5.69 Å². The smallest absolute Gasteiger partial charge is 0.308 e. The van der Waals surface area contributed by atoms with E-state index >= 15 is 0 Å². The van der Waals surface area contributed by atoms with E-state index in [4.69, 9.17) is 5.11 Å². The summed E-state index contributed by atoms with van der Waals surface area (Å²) >= 11 is 3.37. The molecule has 5 nitrogen and oxygen atoms in total. The van der Waals surface area contributed by atoms with Gasteiger partial charge in [0.15, 0.2) is 0 Å². The molecule has 0 bridgehead atoms. The minimum absolute atomic E-state index is 0.113. The van der Waals surface area contributed by atoms with Crippen LogP contribution < -0.4 is 5.32 Å². The van der Waals surface area contributed by atoms with Crippen LogP contribution in [-0.4, -0.2) is 41.0 Å². The Morgan fingerprint density at radius 2 is 2.15 bits per heavy atom. The van der Waals surface area contributed by atoms with Crippen molar-refractivity contribution in [1.29, 1.82) is 0 Å². The first kappa shape index (κ1) is 15.0. The van der Waals surface area contributed by atoms with E-state index in [0.29, 0.717) is 13.0 Å². The van der Waals surface area contributed by atoms with E-state index in [1.165, 1.54) is 0 Å². The number of hydrogen-bond acceptors (Lipinski definition) is 3. The molecular formula is C14H17BrN2O3. The summed E-state index contributed by atoms with van der Waals surface area (Å²) < 4.78 is 0.825. The van der Waals surface area contributed by atoms with E-state index in [1.54, 1.807) is 0 Å². The third kappa shape index (κ3) is 3.37. The molecule has 2 unspecified atom stereocenters. The highest BCUT2D eigenvalue weighted by molar-refractivity contribution is 9.10. The van der Waals surface area contributed by atoms with Crippen molar-refractivity contribution in [3.63, 3.8) is 0 Å². The second-order valence-electron chi connectivity index (χ2n) is 4.97. The van der Waals surface area contributed by atoms with Crippen LogP contribution in [0.2, 0.25) is 0 Å². The van der Waals surface area contributed by atoms with Crippen LogP contribution in [0.3, 0.4) is 0 Å². The number of aliphatic carboxylic acids is 1. The number of amides is 1. The number of halogens is 1. The zero-order chi connectivity index (χ0) is 14.7. The summed E-state index contributed by atoms with van der Waals surface area (Å²) in [6.45, 7) is 2.71. The number of likely N-dealkylation sites (tertiary alicyclic amines) is 1. The van der Waals surface area contributed by atoms with Crippen molar-refractivity contribution in [3.05, 3.63) is 28.7 Å². The molecule has 1 amide bonds. The molecule has 1 heterocycles. The van der Waals surface area contributed by atoms with Gasteiger partial charge in [-0.1, -0.05) is 12.1 Å². The molecule has 2 N–H and O–H groups in total.